The summed E-state index contributed by atoms with van der Waals surface area (Å²) in [5.41, 5.74) is 0.347. The molecule has 1 aliphatic heterocycles. The minimum Gasteiger partial charge on any atom is -0.391 e. The first-order chi connectivity index (χ1) is 9.43. The molecule has 1 fully saturated rings. The molecule has 4 heteroatoms. The van der Waals surface area contributed by atoms with Crippen LogP contribution in [-0.4, -0.2) is 34.7 Å². The molecule has 1 aromatic rings. The highest BCUT2D eigenvalue weighted by molar-refractivity contribution is 6.31. The van der Waals surface area contributed by atoms with Gasteiger partial charge >= 0.3 is 0 Å². The highest BCUT2D eigenvalue weighted by atomic mass is 35.5. The third-order valence-corrected chi connectivity index (χ3v) is 4.85. The number of hydrogen-bond donors (Lipinski definition) is 1. The van der Waals surface area contributed by atoms with Crippen LogP contribution in [0, 0.1) is 5.82 Å². The van der Waals surface area contributed by atoms with Crippen LogP contribution < -0.4 is 0 Å². The molecule has 1 aliphatic rings. The van der Waals surface area contributed by atoms with E-state index in [9.17, 15) is 9.50 Å². The van der Waals surface area contributed by atoms with Gasteiger partial charge in [0.15, 0.2) is 0 Å². The van der Waals surface area contributed by atoms with Crippen LogP contribution in [0.2, 0.25) is 5.02 Å². The van der Waals surface area contributed by atoms with Crippen LogP contribution in [0.1, 0.15) is 38.7 Å². The van der Waals surface area contributed by atoms with Crippen molar-refractivity contribution in [3.8, 4) is 0 Å². The van der Waals surface area contributed by atoms with Crippen molar-refractivity contribution in [2.45, 2.75) is 51.2 Å². The molecule has 0 spiro atoms. The van der Waals surface area contributed by atoms with Crippen molar-refractivity contribution in [1.82, 2.24) is 4.90 Å². The summed E-state index contributed by atoms with van der Waals surface area (Å²) in [4.78, 5) is 2.33. The number of hydrogen-bond acceptors (Lipinski definition) is 2. The number of nitrogens with zero attached hydrogens (tertiary/aromatic N) is 1. The average Bonchev–Trinajstić information content (AvgIpc) is 2.44. The van der Waals surface area contributed by atoms with Crippen LogP contribution in [-0.2, 0) is 6.42 Å². The zero-order chi connectivity index (χ0) is 14.8. The predicted molar refractivity (Wildman–Crippen MR) is 80.6 cm³/mol. The molecule has 1 N–H and O–H groups in total. The minimum absolute atomic E-state index is 0.126. The fourth-order valence-corrected chi connectivity index (χ4v) is 3.05. The summed E-state index contributed by atoms with van der Waals surface area (Å²) in [5.74, 6) is -0.424. The Hall–Kier alpha value is -0.640. The summed E-state index contributed by atoms with van der Waals surface area (Å²) in [6.07, 6.45) is 3.42. The lowest BCUT2D eigenvalue weighted by Crippen LogP contribution is -2.54. The number of likely N-dealkylation sites (tertiary alicyclic amines) is 1. The van der Waals surface area contributed by atoms with Gasteiger partial charge in [-0.25, -0.2) is 4.39 Å². The normalized spacial score (nSPS) is 19.1. The first-order valence-corrected chi connectivity index (χ1v) is 7.66. The molecule has 1 atom stereocenters. The first-order valence-electron chi connectivity index (χ1n) is 7.29. The monoisotopic (exact) mass is 299 g/mol. The quantitative estimate of drug-likeness (QED) is 0.917. The summed E-state index contributed by atoms with van der Waals surface area (Å²) in [6.45, 7) is 6.13. The second-order valence-electron chi connectivity index (χ2n) is 6.13. The topological polar surface area (TPSA) is 23.5 Å². The van der Waals surface area contributed by atoms with Crippen LogP contribution in [0.25, 0.3) is 0 Å². The molecule has 0 radical (unpaired) electrons. The van der Waals surface area contributed by atoms with Crippen molar-refractivity contribution in [1.29, 1.82) is 0 Å². The van der Waals surface area contributed by atoms with Crippen molar-refractivity contribution >= 4 is 11.6 Å². The molecule has 1 aromatic carbocycles. The van der Waals surface area contributed by atoms with Crippen molar-refractivity contribution in [2.75, 3.05) is 13.1 Å². The van der Waals surface area contributed by atoms with Crippen LogP contribution >= 0.6 is 11.6 Å². The summed E-state index contributed by atoms with van der Waals surface area (Å²) < 4.78 is 13.5. The summed E-state index contributed by atoms with van der Waals surface area (Å²) in [7, 11) is 0. The number of rotatable bonds is 4. The zero-order valence-electron chi connectivity index (χ0n) is 12.2. The molecule has 0 aliphatic carbocycles. The number of piperidine rings is 1. The lowest BCUT2D eigenvalue weighted by atomic mass is 9.88. The van der Waals surface area contributed by atoms with Crippen LogP contribution in [0.4, 0.5) is 4.39 Å². The van der Waals surface area contributed by atoms with Gasteiger partial charge in [-0.05, 0) is 51.4 Å². The number of benzene rings is 1. The lowest BCUT2D eigenvalue weighted by molar-refractivity contribution is -0.0187. The molecule has 1 heterocycles. The van der Waals surface area contributed by atoms with Crippen LogP contribution in [0.5, 0.6) is 0 Å². The highest BCUT2D eigenvalue weighted by Gasteiger charge is 2.35. The number of halogens is 2. The molecular weight excluding hydrogens is 277 g/mol. The van der Waals surface area contributed by atoms with E-state index in [1.54, 1.807) is 12.1 Å². The van der Waals surface area contributed by atoms with E-state index < -0.39 is 11.9 Å². The smallest absolute Gasteiger partial charge is 0.142 e. The molecule has 0 bridgehead atoms. The van der Waals surface area contributed by atoms with Gasteiger partial charge in [0.05, 0.1) is 11.1 Å². The molecular formula is C16H23ClFNO. The van der Waals surface area contributed by atoms with Crippen molar-refractivity contribution in [2.24, 2.45) is 0 Å². The molecule has 20 heavy (non-hydrogen) atoms. The fourth-order valence-electron chi connectivity index (χ4n) is 2.85. The first kappa shape index (κ1) is 15.7. The Morgan fingerprint density at radius 2 is 1.95 bits per heavy atom. The molecule has 2 rings (SSSR count). The molecule has 112 valence electrons. The van der Waals surface area contributed by atoms with Crippen molar-refractivity contribution < 1.29 is 9.50 Å². The van der Waals surface area contributed by atoms with Gasteiger partial charge in [0.2, 0.25) is 0 Å². The van der Waals surface area contributed by atoms with Gasteiger partial charge in [0.25, 0.3) is 0 Å². The predicted octanol–water partition coefficient (Wildman–Crippen LogP) is 3.65. The zero-order valence-corrected chi connectivity index (χ0v) is 13.0. The summed E-state index contributed by atoms with van der Waals surface area (Å²) >= 11 is 5.97. The van der Waals surface area contributed by atoms with Gasteiger partial charge in [-0.2, -0.15) is 0 Å². The average molecular weight is 300 g/mol. The standard InChI is InChI=1S/C16H23ClFNO/c1-16(2,19-9-4-3-5-10-19)14(20)11-12-7-6-8-13(18)15(12)17/h6-8,14,20H,3-5,9-11H2,1-2H3. The molecule has 2 nitrogen and oxygen atoms in total. The van der Waals surface area contributed by atoms with E-state index in [2.05, 4.69) is 18.7 Å². The van der Waals surface area contributed by atoms with E-state index in [0.717, 1.165) is 13.1 Å². The van der Waals surface area contributed by atoms with Gasteiger partial charge in [0.1, 0.15) is 5.82 Å². The Labute approximate surface area is 125 Å². The summed E-state index contributed by atoms with van der Waals surface area (Å²) in [6, 6.07) is 4.76. The molecule has 0 amide bonds. The second-order valence-corrected chi connectivity index (χ2v) is 6.51. The fraction of sp³-hybridized carbons (Fsp3) is 0.625. The Bertz CT molecular complexity index is 458. The molecule has 1 saturated heterocycles. The largest absolute Gasteiger partial charge is 0.391 e. The Morgan fingerprint density at radius 3 is 2.60 bits per heavy atom. The van der Waals surface area contributed by atoms with Gasteiger partial charge in [-0.3, -0.25) is 4.90 Å². The van der Waals surface area contributed by atoms with E-state index in [4.69, 9.17) is 11.6 Å². The highest BCUT2D eigenvalue weighted by Crippen LogP contribution is 2.28. The Balaban J connectivity index is 2.09. The van der Waals surface area contributed by atoms with E-state index in [1.165, 1.54) is 25.3 Å². The SMILES string of the molecule is CC(C)(C(O)Cc1cccc(F)c1Cl)N1CCCCC1. The van der Waals surface area contributed by atoms with Crippen molar-refractivity contribution in [3.05, 3.63) is 34.6 Å². The maximum Gasteiger partial charge on any atom is 0.142 e. The van der Waals surface area contributed by atoms with Gasteiger partial charge < -0.3 is 5.11 Å². The minimum atomic E-state index is -0.570. The molecule has 0 aromatic heterocycles. The third-order valence-electron chi connectivity index (χ3n) is 4.43. The van der Waals surface area contributed by atoms with E-state index in [1.807, 2.05) is 0 Å². The third kappa shape index (κ3) is 3.33. The van der Waals surface area contributed by atoms with Gasteiger partial charge in [0, 0.05) is 12.0 Å². The number of aliphatic hydroxyl groups is 1. The van der Waals surface area contributed by atoms with Crippen molar-refractivity contribution in [3.63, 3.8) is 0 Å². The van der Waals surface area contributed by atoms with E-state index in [-0.39, 0.29) is 10.6 Å². The number of aliphatic hydroxyl groups excluding tert-OH is 1. The van der Waals surface area contributed by atoms with Gasteiger partial charge in [-0.1, -0.05) is 30.2 Å². The Morgan fingerprint density at radius 1 is 1.30 bits per heavy atom. The van der Waals surface area contributed by atoms with E-state index >= 15 is 0 Å². The lowest BCUT2D eigenvalue weighted by Gasteiger charge is -2.44. The molecule has 0 saturated carbocycles. The van der Waals surface area contributed by atoms with Crippen LogP contribution in [0.15, 0.2) is 18.2 Å². The second kappa shape index (κ2) is 6.42. The summed E-state index contributed by atoms with van der Waals surface area (Å²) in [5, 5.41) is 10.7. The van der Waals surface area contributed by atoms with E-state index in [0.29, 0.717) is 12.0 Å². The maximum atomic E-state index is 13.5. The molecule has 1 unspecified atom stereocenters. The van der Waals surface area contributed by atoms with Gasteiger partial charge in [-0.15, -0.1) is 0 Å². The van der Waals surface area contributed by atoms with Crippen LogP contribution in [0.3, 0.4) is 0 Å². The maximum absolute atomic E-state index is 13.5. The Kier molecular flexibility index (Phi) is 5.05.